The Balaban J connectivity index is 2.56. The van der Waals surface area contributed by atoms with Crippen molar-refractivity contribution in [3.63, 3.8) is 0 Å². The van der Waals surface area contributed by atoms with E-state index >= 15 is 0 Å². The zero-order valence-electron chi connectivity index (χ0n) is 10.7. The summed E-state index contributed by atoms with van der Waals surface area (Å²) in [4.78, 5) is 0. The predicted molar refractivity (Wildman–Crippen MR) is 65.5 cm³/mol. The summed E-state index contributed by atoms with van der Waals surface area (Å²) in [5.74, 6) is 0. The molecule has 1 aromatic heterocycles. The average Bonchev–Trinajstić information content (AvgIpc) is 2.64. The molecule has 92 valence electrons. The minimum atomic E-state index is 0.215. The van der Waals surface area contributed by atoms with E-state index in [1.807, 2.05) is 24.9 Å². The molecule has 1 N–H and O–H groups in total. The van der Waals surface area contributed by atoms with Crippen molar-refractivity contribution >= 4 is 0 Å². The van der Waals surface area contributed by atoms with Crippen LogP contribution in [0.3, 0.4) is 0 Å². The van der Waals surface area contributed by atoms with Crippen LogP contribution in [-0.2, 0) is 18.2 Å². The number of aryl methyl sites for hydroxylation is 1. The van der Waals surface area contributed by atoms with Crippen LogP contribution in [0.15, 0.2) is 12.3 Å². The molecule has 1 rings (SSSR count). The molecule has 16 heavy (non-hydrogen) atoms. The normalized spacial score (nSPS) is 15.0. The van der Waals surface area contributed by atoms with Crippen molar-refractivity contribution < 1.29 is 4.74 Å². The number of rotatable bonds is 7. The Morgan fingerprint density at radius 1 is 1.50 bits per heavy atom. The number of likely N-dealkylation sites (N-methyl/N-ethyl adjacent to an activating group) is 1. The maximum absolute atomic E-state index is 5.64. The van der Waals surface area contributed by atoms with Gasteiger partial charge in [0.25, 0.3) is 0 Å². The van der Waals surface area contributed by atoms with Gasteiger partial charge in [-0.25, -0.2) is 0 Å². The van der Waals surface area contributed by atoms with Crippen molar-refractivity contribution in [2.75, 3.05) is 13.2 Å². The summed E-state index contributed by atoms with van der Waals surface area (Å²) in [5.41, 5.74) is 1.11. The van der Waals surface area contributed by atoms with Gasteiger partial charge in [-0.3, -0.25) is 4.68 Å². The second kappa shape index (κ2) is 6.66. The molecule has 0 bridgehead atoms. The third-order valence-electron chi connectivity index (χ3n) is 2.66. The largest absolute Gasteiger partial charge is 0.377 e. The quantitative estimate of drug-likeness (QED) is 0.761. The number of hydrogen-bond acceptors (Lipinski definition) is 3. The lowest BCUT2D eigenvalue weighted by Gasteiger charge is -2.23. The van der Waals surface area contributed by atoms with E-state index < -0.39 is 0 Å². The van der Waals surface area contributed by atoms with Gasteiger partial charge in [-0.15, -0.1) is 0 Å². The van der Waals surface area contributed by atoms with E-state index in [0.29, 0.717) is 6.04 Å². The minimum Gasteiger partial charge on any atom is -0.377 e. The van der Waals surface area contributed by atoms with E-state index in [1.165, 1.54) is 0 Å². The Bertz CT molecular complexity index is 298. The second-order valence-corrected chi connectivity index (χ2v) is 4.01. The van der Waals surface area contributed by atoms with Gasteiger partial charge in [-0.2, -0.15) is 5.10 Å². The highest BCUT2D eigenvalue weighted by Crippen LogP contribution is 2.06. The molecule has 2 atom stereocenters. The monoisotopic (exact) mass is 225 g/mol. The van der Waals surface area contributed by atoms with Crippen LogP contribution in [0.25, 0.3) is 0 Å². The van der Waals surface area contributed by atoms with Gasteiger partial charge in [0.2, 0.25) is 0 Å². The van der Waals surface area contributed by atoms with Crippen molar-refractivity contribution in [2.45, 2.75) is 39.3 Å². The highest BCUT2D eigenvalue weighted by atomic mass is 16.5. The van der Waals surface area contributed by atoms with Gasteiger partial charge in [0, 0.05) is 32.3 Å². The molecule has 0 saturated heterocycles. The van der Waals surface area contributed by atoms with Gasteiger partial charge in [0.15, 0.2) is 0 Å². The minimum absolute atomic E-state index is 0.215. The molecule has 4 nitrogen and oxygen atoms in total. The van der Waals surface area contributed by atoms with Gasteiger partial charge in [-0.05, 0) is 26.5 Å². The maximum atomic E-state index is 5.64. The first-order valence-electron chi connectivity index (χ1n) is 6.00. The fraction of sp³-hybridized carbons (Fsp3) is 0.750. The number of nitrogens with one attached hydrogen (secondary N) is 1. The Labute approximate surface area is 98.0 Å². The highest BCUT2D eigenvalue weighted by molar-refractivity contribution is 5.02. The Morgan fingerprint density at radius 2 is 2.25 bits per heavy atom. The van der Waals surface area contributed by atoms with Gasteiger partial charge in [-0.1, -0.05) is 6.92 Å². The molecular formula is C12H23N3O. The molecule has 0 aromatic carbocycles. The van der Waals surface area contributed by atoms with Crippen LogP contribution in [-0.4, -0.2) is 35.1 Å². The zero-order valence-corrected chi connectivity index (χ0v) is 10.7. The summed E-state index contributed by atoms with van der Waals surface area (Å²) < 4.78 is 7.48. The first kappa shape index (κ1) is 13.2. The summed E-state index contributed by atoms with van der Waals surface area (Å²) in [6.45, 7) is 7.96. The average molecular weight is 225 g/mol. The lowest BCUT2D eigenvalue weighted by atomic mass is 10.1. The van der Waals surface area contributed by atoms with Crippen LogP contribution < -0.4 is 5.32 Å². The molecule has 1 heterocycles. The standard InChI is InChI=1S/C12H23N3O/c1-5-13-12(10(3)16-6-2)9-11-7-8-15(4)14-11/h7-8,10,12-13H,5-6,9H2,1-4H3. The van der Waals surface area contributed by atoms with Crippen LogP contribution in [0, 0.1) is 0 Å². The SMILES string of the molecule is CCNC(Cc1ccn(C)n1)C(C)OCC. The molecule has 0 aliphatic carbocycles. The number of ether oxygens (including phenoxy) is 1. The van der Waals surface area contributed by atoms with E-state index in [1.54, 1.807) is 0 Å². The van der Waals surface area contributed by atoms with Crippen molar-refractivity contribution in [1.82, 2.24) is 15.1 Å². The lowest BCUT2D eigenvalue weighted by Crippen LogP contribution is -2.41. The molecular weight excluding hydrogens is 202 g/mol. The Morgan fingerprint density at radius 3 is 2.75 bits per heavy atom. The summed E-state index contributed by atoms with van der Waals surface area (Å²) >= 11 is 0. The van der Waals surface area contributed by atoms with E-state index in [4.69, 9.17) is 4.74 Å². The lowest BCUT2D eigenvalue weighted by molar-refractivity contribution is 0.0478. The predicted octanol–water partition coefficient (Wildman–Crippen LogP) is 1.37. The topological polar surface area (TPSA) is 39.1 Å². The van der Waals surface area contributed by atoms with Crippen LogP contribution in [0.4, 0.5) is 0 Å². The van der Waals surface area contributed by atoms with Gasteiger partial charge in [0.05, 0.1) is 11.8 Å². The molecule has 0 aliphatic heterocycles. The molecule has 4 heteroatoms. The molecule has 0 aliphatic rings. The third kappa shape index (κ3) is 3.94. The first-order chi connectivity index (χ1) is 7.67. The Hall–Kier alpha value is -0.870. The molecule has 0 radical (unpaired) electrons. The smallest absolute Gasteiger partial charge is 0.0703 e. The summed E-state index contributed by atoms with van der Waals surface area (Å²) in [7, 11) is 1.94. The van der Waals surface area contributed by atoms with Gasteiger partial charge < -0.3 is 10.1 Å². The Kier molecular flexibility index (Phi) is 5.49. The molecule has 0 amide bonds. The number of nitrogens with zero attached hydrogens (tertiary/aromatic N) is 2. The summed E-state index contributed by atoms with van der Waals surface area (Å²) in [6.07, 6.45) is 3.10. The van der Waals surface area contributed by atoms with Gasteiger partial charge >= 0.3 is 0 Å². The number of hydrogen-bond donors (Lipinski definition) is 1. The molecule has 1 aromatic rings. The molecule has 0 spiro atoms. The van der Waals surface area contributed by atoms with Crippen LogP contribution in [0.2, 0.25) is 0 Å². The van der Waals surface area contributed by atoms with E-state index in [-0.39, 0.29) is 6.10 Å². The first-order valence-corrected chi connectivity index (χ1v) is 6.00. The van der Waals surface area contributed by atoms with Crippen molar-refractivity contribution in [1.29, 1.82) is 0 Å². The van der Waals surface area contributed by atoms with Crippen LogP contribution >= 0.6 is 0 Å². The molecule has 0 saturated carbocycles. The van der Waals surface area contributed by atoms with Crippen LogP contribution in [0.5, 0.6) is 0 Å². The van der Waals surface area contributed by atoms with Crippen molar-refractivity contribution in [3.05, 3.63) is 18.0 Å². The fourth-order valence-corrected chi connectivity index (χ4v) is 1.84. The summed E-state index contributed by atoms with van der Waals surface area (Å²) in [6, 6.07) is 2.39. The second-order valence-electron chi connectivity index (χ2n) is 4.01. The fourth-order valence-electron chi connectivity index (χ4n) is 1.84. The van der Waals surface area contributed by atoms with E-state index in [9.17, 15) is 0 Å². The highest BCUT2D eigenvalue weighted by Gasteiger charge is 2.17. The molecule has 0 fully saturated rings. The number of aromatic nitrogens is 2. The third-order valence-corrected chi connectivity index (χ3v) is 2.66. The van der Waals surface area contributed by atoms with Crippen LogP contribution in [0.1, 0.15) is 26.5 Å². The molecule has 2 unspecified atom stereocenters. The van der Waals surface area contributed by atoms with Gasteiger partial charge in [0.1, 0.15) is 0 Å². The maximum Gasteiger partial charge on any atom is 0.0703 e. The van der Waals surface area contributed by atoms with E-state index in [2.05, 4.69) is 30.3 Å². The van der Waals surface area contributed by atoms with Crippen molar-refractivity contribution in [3.8, 4) is 0 Å². The van der Waals surface area contributed by atoms with E-state index in [0.717, 1.165) is 25.3 Å². The zero-order chi connectivity index (χ0) is 12.0. The van der Waals surface area contributed by atoms with Crippen molar-refractivity contribution in [2.24, 2.45) is 7.05 Å². The summed E-state index contributed by atoms with van der Waals surface area (Å²) in [5, 5.41) is 7.85.